The summed E-state index contributed by atoms with van der Waals surface area (Å²) in [5.74, 6) is 0.470. The van der Waals surface area contributed by atoms with Gasteiger partial charge in [-0.05, 0) is 18.6 Å². The summed E-state index contributed by atoms with van der Waals surface area (Å²) < 4.78 is 35.6. The SMILES string of the molecule is NC(=S)c1cccc(NCCCC(F)(F)F)n1. The van der Waals surface area contributed by atoms with Crippen LogP contribution in [0.25, 0.3) is 0 Å². The van der Waals surface area contributed by atoms with E-state index in [0.717, 1.165) is 0 Å². The molecule has 1 rings (SSSR count). The molecule has 1 aromatic heterocycles. The number of anilines is 1. The Kier molecular flexibility index (Phi) is 4.68. The third-order valence-electron chi connectivity index (χ3n) is 1.94. The molecule has 94 valence electrons. The van der Waals surface area contributed by atoms with Gasteiger partial charge in [0, 0.05) is 13.0 Å². The van der Waals surface area contributed by atoms with Gasteiger partial charge in [0.05, 0.1) is 5.69 Å². The molecule has 1 aromatic rings. The first-order chi connectivity index (χ1) is 7.88. The van der Waals surface area contributed by atoms with E-state index in [9.17, 15) is 13.2 Å². The van der Waals surface area contributed by atoms with Crippen molar-refractivity contribution in [3.63, 3.8) is 0 Å². The molecule has 3 N–H and O–H groups in total. The van der Waals surface area contributed by atoms with Crippen LogP contribution in [0.1, 0.15) is 18.5 Å². The molecule has 0 bridgehead atoms. The number of halogens is 3. The van der Waals surface area contributed by atoms with Crippen molar-refractivity contribution in [2.75, 3.05) is 11.9 Å². The number of nitrogens with one attached hydrogen (secondary N) is 1. The third-order valence-corrected chi connectivity index (χ3v) is 2.15. The molecule has 0 saturated heterocycles. The maximum absolute atomic E-state index is 11.9. The lowest BCUT2D eigenvalue weighted by Gasteiger charge is -2.08. The van der Waals surface area contributed by atoms with E-state index < -0.39 is 12.6 Å². The van der Waals surface area contributed by atoms with Crippen molar-refractivity contribution < 1.29 is 13.2 Å². The lowest BCUT2D eigenvalue weighted by atomic mass is 10.3. The summed E-state index contributed by atoms with van der Waals surface area (Å²) in [7, 11) is 0. The minimum Gasteiger partial charge on any atom is -0.388 e. The van der Waals surface area contributed by atoms with E-state index in [4.69, 9.17) is 18.0 Å². The first kappa shape index (κ1) is 13.7. The normalized spacial score (nSPS) is 11.2. The van der Waals surface area contributed by atoms with Crippen molar-refractivity contribution in [3.8, 4) is 0 Å². The average molecular weight is 263 g/mol. The molecule has 0 saturated carbocycles. The van der Waals surface area contributed by atoms with E-state index in [0.29, 0.717) is 11.5 Å². The second-order valence-electron chi connectivity index (χ2n) is 3.42. The topological polar surface area (TPSA) is 50.9 Å². The van der Waals surface area contributed by atoms with Crippen molar-refractivity contribution in [1.82, 2.24) is 4.98 Å². The standard InChI is InChI=1S/C10H12F3N3S/c11-10(12,13)5-2-6-15-8-4-1-3-7(16-8)9(14)17/h1,3-4H,2,5-6H2,(H2,14,17)(H,15,16). The molecule has 0 spiro atoms. The molecule has 0 amide bonds. The maximum atomic E-state index is 11.9. The van der Waals surface area contributed by atoms with Crippen molar-refractivity contribution >= 4 is 23.0 Å². The van der Waals surface area contributed by atoms with Gasteiger partial charge in [-0.15, -0.1) is 0 Å². The fourth-order valence-corrected chi connectivity index (χ4v) is 1.29. The van der Waals surface area contributed by atoms with Gasteiger partial charge >= 0.3 is 6.18 Å². The summed E-state index contributed by atoms with van der Waals surface area (Å²) in [5.41, 5.74) is 5.83. The van der Waals surface area contributed by atoms with Gasteiger partial charge < -0.3 is 11.1 Å². The molecule has 1 heterocycles. The van der Waals surface area contributed by atoms with Crippen LogP contribution in [0.5, 0.6) is 0 Å². The lowest BCUT2D eigenvalue weighted by molar-refractivity contribution is -0.134. The third kappa shape index (κ3) is 5.48. The summed E-state index contributed by atoms with van der Waals surface area (Å²) in [6, 6.07) is 4.98. The number of hydrogen-bond donors (Lipinski definition) is 2. The van der Waals surface area contributed by atoms with Gasteiger partial charge in [-0.1, -0.05) is 18.3 Å². The Balaban J connectivity index is 2.42. The molecule has 0 aliphatic heterocycles. The molecule has 0 aliphatic rings. The number of pyridine rings is 1. The number of thiocarbonyl (C=S) groups is 1. The van der Waals surface area contributed by atoms with E-state index in [1.807, 2.05) is 0 Å². The van der Waals surface area contributed by atoms with Crippen LogP contribution in [-0.4, -0.2) is 22.7 Å². The largest absolute Gasteiger partial charge is 0.389 e. The fraction of sp³-hybridized carbons (Fsp3) is 0.400. The highest BCUT2D eigenvalue weighted by Crippen LogP contribution is 2.21. The van der Waals surface area contributed by atoms with E-state index >= 15 is 0 Å². The Labute approximate surface area is 102 Å². The predicted molar refractivity (Wildman–Crippen MR) is 63.9 cm³/mol. The second kappa shape index (κ2) is 5.81. The van der Waals surface area contributed by atoms with Gasteiger partial charge in [0.25, 0.3) is 0 Å². The monoisotopic (exact) mass is 263 g/mol. The van der Waals surface area contributed by atoms with E-state index in [2.05, 4.69) is 10.3 Å². The van der Waals surface area contributed by atoms with Gasteiger partial charge in [0.1, 0.15) is 10.8 Å². The van der Waals surface area contributed by atoms with E-state index in [1.165, 1.54) is 0 Å². The van der Waals surface area contributed by atoms with Crippen molar-refractivity contribution in [2.45, 2.75) is 19.0 Å². The Morgan fingerprint density at radius 1 is 1.41 bits per heavy atom. The first-order valence-corrected chi connectivity index (χ1v) is 5.37. The van der Waals surface area contributed by atoms with Crippen LogP contribution in [0.15, 0.2) is 18.2 Å². The summed E-state index contributed by atoms with van der Waals surface area (Å²) in [6.45, 7) is 0.202. The highest BCUT2D eigenvalue weighted by atomic mass is 32.1. The van der Waals surface area contributed by atoms with Gasteiger partial charge in [-0.3, -0.25) is 0 Å². The Hall–Kier alpha value is -1.37. The summed E-state index contributed by atoms with van der Waals surface area (Å²) in [6.07, 6.45) is -4.92. The number of alkyl halides is 3. The highest BCUT2D eigenvalue weighted by molar-refractivity contribution is 7.80. The molecular formula is C10H12F3N3S. The smallest absolute Gasteiger partial charge is 0.388 e. The molecule has 0 atom stereocenters. The molecule has 0 fully saturated rings. The molecule has 3 nitrogen and oxygen atoms in total. The summed E-state index contributed by atoms with van der Waals surface area (Å²) in [4.78, 5) is 4.20. The predicted octanol–water partition coefficient (Wildman–Crippen LogP) is 2.47. The molecule has 7 heteroatoms. The van der Waals surface area contributed by atoms with E-state index in [1.54, 1.807) is 18.2 Å². The van der Waals surface area contributed by atoms with Gasteiger partial charge in [0.15, 0.2) is 0 Å². The lowest BCUT2D eigenvalue weighted by Crippen LogP contribution is -2.14. The maximum Gasteiger partial charge on any atom is 0.389 e. The molecule has 0 radical (unpaired) electrons. The van der Waals surface area contributed by atoms with Crippen LogP contribution >= 0.6 is 12.2 Å². The van der Waals surface area contributed by atoms with Crippen LogP contribution in [0.4, 0.5) is 19.0 Å². The molecule has 0 aliphatic carbocycles. The van der Waals surface area contributed by atoms with Crippen molar-refractivity contribution in [3.05, 3.63) is 23.9 Å². The minimum absolute atomic E-state index is 0.00246. The highest BCUT2D eigenvalue weighted by Gasteiger charge is 2.25. The quantitative estimate of drug-likeness (QED) is 0.633. The number of nitrogens with zero attached hydrogens (tertiary/aromatic N) is 1. The molecule has 17 heavy (non-hydrogen) atoms. The first-order valence-electron chi connectivity index (χ1n) is 4.96. The molecule has 0 unspecified atom stereocenters. The van der Waals surface area contributed by atoms with Crippen LogP contribution in [0.2, 0.25) is 0 Å². The van der Waals surface area contributed by atoms with Crippen LogP contribution < -0.4 is 11.1 Å². The average Bonchev–Trinajstić information content (AvgIpc) is 2.23. The zero-order valence-electron chi connectivity index (χ0n) is 8.92. The van der Waals surface area contributed by atoms with E-state index in [-0.39, 0.29) is 18.0 Å². The zero-order chi connectivity index (χ0) is 12.9. The second-order valence-corrected chi connectivity index (χ2v) is 3.86. The minimum atomic E-state index is -4.12. The number of hydrogen-bond acceptors (Lipinski definition) is 3. The molecular weight excluding hydrogens is 251 g/mol. The van der Waals surface area contributed by atoms with Gasteiger partial charge in [-0.2, -0.15) is 13.2 Å². The fourth-order valence-electron chi connectivity index (χ4n) is 1.18. The Bertz CT molecular complexity index is 393. The summed E-state index contributed by atoms with van der Waals surface area (Å²) in [5, 5.41) is 2.79. The van der Waals surface area contributed by atoms with Crippen LogP contribution in [0.3, 0.4) is 0 Å². The van der Waals surface area contributed by atoms with Crippen LogP contribution in [0, 0.1) is 0 Å². The number of nitrogens with two attached hydrogens (primary N) is 1. The van der Waals surface area contributed by atoms with Gasteiger partial charge in [0.2, 0.25) is 0 Å². The number of aromatic nitrogens is 1. The zero-order valence-corrected chi connectivity index (χ0v) is 9.74. The van der Waals surface area contributed by atoms with Crippen LogP contribution in [-0.2, 0) is 0 Å². The van der Waals surface area contributed by atoms with Gasteiger partial charge in [-0.25, -0.2) is 4.98 Å². The Morgan fingerprint density at radius 3 is 2.71 bits per heavy atom. The molecule has 0 aromatic carbocycles. The van der Waals surface area contributed by atoms with Crippen molar-refractivity contribution in [1.29, 1.82) is 0 Å². The Morgan fingerprint density at radius 2 is 2.12 bits per heavy atom. The summed E-state index contributed by atoms with van der Waals surface area (Å²) >= 11 is 4.74. The van der Waals surface area contributed by atoms with Crippen molar-refractivity contribution in [2.24, 2.45) is 5.73 Å². The number of rotatable bonds is 5.